The number of carbonyl (C=O) groups is 1. The molecule has 1 heterocycles. The maximum atomic E-state index is 14.5. The van der Waals surface area contributed by atoms with Crippen molar-refractivity contribution in [3.63, 3.8) is 0 Å². The highest BCUT2D eigenvalue weighted by Crippen LogP contribution is 2.40. The number of benzene rings is 3. The van der Waals surface area contributed by atoms with E-state index in [4.69, 9.17) is 14.2 Å². The van der Waals surface area contributed by atoms with Crippen LogP contribution in [0.25, 0.3) is 0 Å². The molecule has 0 bridgehead atoms. The number of methoxy groups -OCH3 is 3. The van der Waals surface area contributed by atoms with Crippen molar-refractivity contribution in [1.82, 2.24) is 4.90 Å². The Morgan fingerprint density at radius 2 is 1.56 bits per heavy atom. The first-order valence-corrected chi connectivity index (χ1v) is 11.8. The molecule has 1 fully saturated rings. The normalized spacial score (nSPS) is 14.4. The molecule has 0 saturated carbocycles. The van der Waals surface area contributed by atoms with E-state index in [0.29, 0.717) is 55.4 Å². The topological polar surface area (TPSA) is 51.2 Å². The van der Waals surface area contributed by atoms with E-state index in [2.05, 4.69) is 4.90 Å². The number of likely N-dealkylation sites (tertiary alicyclic amines) is 1. The van der Waals surface area contributed by atoms with Crippen molar-refractivity contribution in [2.75, 3.05) is 39.3 Å². The SMILES string of the molecule is COc1ccc(CN2CCC(N(C(=O)c3ccccc3F)c3ccc(F)cc3)CC2)c(OC)c1OC. The molecule has 0 aliphatic carbocycles. The summed E-state index contributed by atoms with van der Waals surface area (Å²) in [7, 11) is 4.76. The second-order valence-electron chi connectivity index (χ2n) is 8.63. The Balaban J connectivity index is 1.53. The van der Waals surface area contributed by atoms with E-state index in [0.717, 1.165) is 5.56 Å². The highest BCUT2D eigenvalue weighted by molar-refractivity contribution is 6.06. The van der Waals surface area contributed by atoms with Gasteiger partial charge in [-0.25, -0.2) is 8.78 Å². The molecule has 0 aromatic heterocycles. The molecule has 190 valence electrons. The molecule has 0 N–H and O–H groups in total. The summed E-state index contributed by atoms with van der Waals surface area (Å²) in [5, 5.41) is 0. The van der Waals surface area contributed by atoms with Crippen LogP contribution in [0.5, 0.6) is 17.2 Å². The first-order chi connectivity index (χ1) is 17.5. The lowest BCUT2D eigenvalue weighted by Crippen LogP contribution is -2.47. The number of amides is 1. The van der Waals surface area contributed by atoms with Gasteiger partial charge < -0.3 is 19.1 Å². The number of nitrogens with zero attached hydrogens (tertiary/aromatic N) is 2. The van der Waals surface area contributed by atoms with E-state index < -0.39 is 17.5 Å². The molecule has 0 unspecified atom stereocenters. The largest absolute Gasteiger partial charge is 0.493 e. The first-order valence-electron chi connectivity index (χ1n) is 11.8. The minimum Gasteiger partial charge on any atom is -0.493 e. The van der Waals surface area contributed by atoms with Gasteiger partial charge in [-0.15, -0.1) is 0 Å². The van der Waals surface area contributed by atoms with E-state index in [1.165, 1.54) is 24.3 Å². The summed E-state index contributed by atoms with van der Waals surface area (Å²) in [6, 6.07) is 15.3. The third kappa shape index (κ3) is 5.28. The average molecular weight is 497 g/mol. The van der Waals surface area contributed by atoms with Crippen molar-refractivity contribution < 1.29 is 27.8 Å². The lowest BCUT2D eigenvalue weighted by molar-refractivity contribution is 0.0954. The van der Waals surface area contributed by atoms with Gasteiger partial charge in [0.05, 0.1) is 26.9 Å². The number of piperidine rings is 1. The van der Waals surface area contributed by atoms with Crippen LogP contribution in [0, 0.1) is 11.6 Å². The highest BCUT2D eigenvalue weighted by Gasteiger charge is 2.31. The van der Waals surface area contributed by atoms with Crippen LogP contribution >= 0.6 is 0 Å². The van der Waals surface area contributed by atoms with E-state index in [1.54, 1.807) is 50.5 Å². The Hall–Kier alpha value is -3.65. The first kappa shape index (κ1) is 25.4. The minimum absolute atomic E-state index is 0.000631. The van der Waals surface area contributed by atoms with Gasteiger partial charge in [0.2, 0.25) is 5.75 Å². The molecule has 6 nitrogen and oxygen atoms in total. The lowest BCUT2D eigenvalue weighted by Gasteiger charge is -2.39. The molecular formula is C28H30F2N2O4. The van der Waals surface area contributed by atoms with Crippen molar-refractivity contribution in [3.8, 4) is 17.2 Å². The number of carbonyl (C=O) groups excluding carboxylic acids is 1. The third-order valence-electron chi connectivity index (χ3n) is 6.53. The fourth-order valence-electron chi connectivity index (χ4n) is 4.72. The van der Waals surface area contributed by atoms with Crippen LogP contribution in [0.2, 0.25) is 0 Å². The zero-order chi connectivity index (χ0) is 25.7. The van der Waals surface area contributed by atoms with Gasteiger partial charge in [0.15, 0.2) is 11.5 Å². The zero-order valence-electron chi connectivity index (χ0n) is 20.7. The fraction of sp³-hybridized carbons (Fsp3) is 0.321. The van der Waals surface area contributed by atoms with Crippen molar-refractivity contribution in [1.29, 1.82) is 0 Å². The molecule has 1 aliphatic heterocycles. The van der Waals surface area contributed by atoms with Gasteiger partial charge in [-0.3, -0.25) is 9.69 Å². The van der Waals surface area contributed by atoms with Crippen molar-refractivity contribution in [3.05, 3.63) is 83.4 Å². The van der Waals surface area contributed by atoms with E-state index in [1.807, 2.05) is 12.1 Å². The summed E-state index contributed by atoms with van der Waals surface area (Å²) in [5.74, 6) is 0.369. The van der Waals surface area contributed by atoms with Gasteiger partial charge in [-0.05, 0) is 55.3 Å². The summed E-state index contributed by atoms with van der Waals surface area (Å²) in [4.78, 5) is 17.4. The Morgan fingerprint density at radius 3 is 2.17 bits per heavy atom. The molecule has 36 heavy (non-hydrogen) atoms. The quantitative estimate of drug-likeness (QED) is 0.424. The number of halogens is 2. The maximum absolute atomic E-state index is 14.5. The molecule has 1 amide bonds. The van der Waals surface area contributed by atoms with Crippen LogP contribution in [0.4, 0.5) is 14.5 Å². The molecule has 1 aliphatic rings. The predicted octanol–water partition coefficient (Wildman–Crippen LogP) is 5.30. The molecule has 1 saturated heterocycles. The van der Waals surface area contributed by atoms with Gasteiger partial charge in [-0.2, -0.15) is 0 Å². The summed E-state index contributed by atoms with van der Waals surface area (Å²) in [5.41, 5.74) is 1.51. The molecule has 4 rings (SSSR count). The lowest BCUT2D eigenvalue weighted by atomic mass is 9.99. The average Bonchev–Trinajstić information content (AvgIpc) is 2.90. The van der Waals surface area contributed by atoms with E-state index >= 15 is 0 Å². The van der Waals surface area contributed by atoms with Crippen LogP contribution in [-0.2, 0) is 6.54 Å². The Morgan fingerprint density at radius 1 is 0.889 bits per heavy atom. The van der Waals surface area contributed by atoms with Crippen LogP contribution in [0.3, 0.4) is 0 Å². The summed E-state index contributed by atoms with van der Waals surface area (Å²) >= 11 is 0. The van der Waals surface area contributed by atoms with Gasteiger partial charge in [0.1, 0.15) is 11.6 Å². The van der Waals surface area contributed by atoms with Gasteiger partial charge >= 0.3 is 0 Å². The minimum atomic E-state index is -0.576. The Labute approximate surface area is 210 Å². The van der Waals surface area contributed by atoms with Gasteiger partial charge in [-0.1, -0.05) is 18.2 Å². The molecule has 3 aromatic rings. The fourth-order valence-corrected chi connectivity index (χ4v) is 4.72. The molecule has 0 radical (unpaired) electrons. The van der Waals surface area contributed by atoms with Gasteiger partial charge in [0, 0.05) is 36.9 Å². The Bertz CT molecular complexity index is 1190. The van der Waals surface area contributed by atoms with Crippen molar-refractivity contribution in [2.45, 2.75) is 25.4 Å². The van der Waals surface area contributed by atoms with E-state index in [-0.39, 0.29) is 11.6 Å². The number of hydrogen-bond donors (Lipinski definition) is 0. The molecule has 3 aromatic carbocycles. The zero-order valence-corrected chi connectivity index (χ0v) is 20.7. The number of anilines is 1. The highest BCUT2D eigenvalue weighted by atomic mass is 19.1. The molecule has 8 heteroatoms. The van der Waals surface area contributed by atoms with Crippen LogP contribution < -0.4 is 19.1 Å². The second kappa shape index (κ2) is 11.4. The summed E-state index contributed by atoms with van der Waals surface area (Å²) in [6.07, 6.45) is 1.35. The monoisotopic (exact) mass is 496 g/mol. The van der Waals surface area contributed by atoms with Crippen LogP contribution in [0.1, 0.15) is 28.8 Å². The summed E-state index contributed by atoms with van der Waals surface area (Å²) < 4.78 is 44.6. The molecular weight excluding hydrogens is 466 g/mol. The van der Waals surface area contributed by atoms with Gasteiger partial charge in [0.25, 0.3) is 5.91 Å². The predicted molar refractivity (Wildman–Crippen MR) is 134 cm³/mol. The van der Waals surface area contributed by atoms with Crippen molar-refractivity contribution in [2.24, 2.45) is 0 Å². The standard InChI is InChI=1S/C28H30F2N2O4/c1-34-25-13-8-19(26(35-2)27(25)36-3)18-31-16-14-22(15-17-31)32(21-11-9-20(29)10-12-21)28(33)23-6-4-5-7-24(23)30/h4-13,22H,14-18H2,1-3H3. The van der Waals surface area contributed by atoms with E-state index in [9.17, 15) is 13.6 Å². The maximum Gasteiger partial charge on any atom is 0.261 e. The number of rotatable bonds is 8. The third-order valence-corrected chi connectivity index (χ3v) is 6.53. The summed E-state index contributed by atoms with van der Waals surface area (Å²) in [6.45, 7) is 2.06. The second-order valence-corrected chi connectivity index (χ2v) is 8.63. The van der Waals surface area contributed by atoms with Crippen LogP contribution in [0.15, 0.2) is 60.7 Å². The smallest absolute Gasteiger partial charge is 0.261 e. The Kier molecular flexibility index (Phi) is 8.05. The van der Waals surface area contributed by atoms with Crippen molar-refractivity contribution >= 4 is 11.6 Å². The molecule has 0 spiro atoms. The van der Waals surface area contributed by atoms with Crippen LogP contribution in [-0.4, -0.2) is 51.3 Å². The number of ether oxygens (including phenoxy) is 3. The molecule has 0 atom stereocenters. The number of hydrogen-bond acceptors (Lipinski definition) is 5.